The van der Waals surface area contributed by atoms with Crippen molar-refractivity contribution in [1.29, 1.82) is 5.26 Å². The first kappa shape index (κ1) is 14.4. The third-order valence-corrected chi connectivity index (χ3v) is 2.06. The zero-order chi connectivity index (χ0) is 13.8. The Morgan fingerprint density at radius 2 is 2.00 bits per heavy atom. The second kappa shape index (κ2) is 5.78. The van der Waals surface area contributed by atoms with E-state index in [1.165, 1.54) is 0 Å². The zero-order valence-electron chi connectivity index (χ0n) is 8.97. The van der Waals surface area contributed by atoms with Gasteiger partial charge in [-0.15, -0.1) is 0 Å². The molecule has 0 aliphatic rings. The summed E-state index contributed by atoms with van der Waals surface area (Å²) in [5.41, 5.74) is 0.0688. The van der Waals surface area contributed by atoms with Crippen LogP contribution in [0.5, 0.6) is 0 Å². The fraction of sp³-hybridized carbons (Fsp3) is 0.364. The molecule has 0 saturated carbocycles. The summed E-state index contributed by atoms with van der Waals surface area (Å²) < 4.78 is 65.8. The fourth-order valence-electron chi connectivity index (χ4n) is 1.15. The first-order chi connectivity index (χ1) is 8.36. The van der Waals surface area contributed by atoms with E-state index >= 15 is 0 Å². The van der Waals surface area contributed by atoms with Gasteiger partial charge in [0.05, 0.1) is 18.2 Å². The van der Waals surface area contributed by atoms with Gasteiger partial charge >= 0.3 is 12.3 Å². The van der Waals surface area contributed by atoms with Crippen molar-refractivity contribution in [3.8, 4) is 6.07 Å². The molecule has 1 aromatic rings. The lowest BCUT2D eigenvalue weighted by Gasteiger charge is -2.15. The second-order valence-electron chi connectivity index (χ2n) is 3.47. The van der Waals surface area contributed by atoms with Crippen LogP contribution in [-0.4, -0.2) is 19.0 Å². The van der Waals surface area contributed by atoms with Crippen LogP contribution in [0.2, 0.25) is 0 Å². The molecule has 0 N–H and O–H groups in total. The van der Waals surface area contributed by atoms with E-state index in [0.29, 0.717) is 0 Å². The number of ether oxygens (including phenoxy) is 1. The molecule has 0 radical (unpaired) electrons. The van der Waals surface area contributed by atoms with E-state index in [9.17, 15) is 22.0 Å². The van der Waals surface area contributed by atoms with Crippen molar-refractivity contribution in [1.82, 2.24) is 0 Å². The van der Waals surface area contributed by atoms with Crippen LogP contribution in [-0.2, 0) is 11.3 Å². The summed E-state index contributed by atoms with van der Waals surface area (Å²) in [4.78, 5) is 0. The quantitative estimate of drug-likeness (QED) is 0.766. The first-order valence-electron chi connectivity index (χ1n) is 4.79. The molecule has 0 fully saturated rings. The monoisotopic (exact) mass is 265 g/mol. The maximum atomic E-state index is 12.8. The summed E-state index contributed by atoms with van der Waals surface area (Å²) >= 11 is 0. The van der Waals surface area contributed by atoms with Crippen LogP contribution >= 0.6 is 0 Å². The lowest BCUT2D eigenvalue weighted by atomic mass is 10.1. The molecule has 0 heterocycles. The molecule has 1 rings (SSSR count). The highest BCUT2D eigenvalue weighted by molar-refractivity contribution is 5.37. The molecule has 2 nitrogen and oxygen atoms in total. The molecule has 98 valence electrons. The van der Waals surface area contributed by atoms with Crippen LogP contribution in [0.1, 0.15) is 11.1 Å². The van der Waals surface area contributed by atoms with E-state index in [2.05, 4.69) is 4.74 Å². The highest BCUT2D eigenvalue weighted by atomic mass is 19.3. The summed E-state index contributed by atoms with van der Waals surface area (Å²) in [6.07, 6.45) is -3.83. The predicted octanol–water partition coefficient (Wildman–Crippen LogP) is 3.11. The Kier molecular flexibility index (Phi) is 4.62. The second-order valence-corrected chi connectivity index (χ2v) is 3.47. The first-order valence-corrected chi connectivity index (χ1v) is 4.79. The standard InChI is InChI=1S/C11H8F5NO/c12-9-2-1-7(4-17)8(3-9)5-18-6-11(15,16)10(13)14/h1-3,10H,5-6H2. The summed E-state index contributed by atoms with van der Waals surface area (Å²) in [7, 11) is 0. The van der Waals surface area contributed by atoms with Crippen molar-refractivity contribution < 1.29 is 26.7 Å². The number of rotatable bonds is 5. The number of halogens is 5. The predicted molar refractivity (Wildman–Crippen MR) is 51.7 cm³/mol. The van der Waals surface area contributed by atoms with Gasteiger partial charge in [-0.25, -0.2) is 13.2 Å². The Balaban J connectivity index is 2.65. The molecule has 0 saturated heterocycles. The van der Waals surface area contributed by atoms with Crippen molar-refractivity contribution in [2.75, 3.05) is 6.61 Å². The Morgan fingerprint density at radius 3 is 2.56 bits per heavy atom. The van der Waals surface area contributed by atoms with Gasteiger partial charge in [-0.1, -0.05) is 0 Å². The minimum absolute atomic E-state index is 0.0302. The van der Waals surface area contributed by atoms with Crippen molar-refractivity contribution in [2.45, 2.75) is 19.0 Å². The lowest BCUT2D eigenvalue weighted by molar-refractivity contribution is -0.168. The number of nitriles is 1. The van der Waals surface area contributed by atoms with Gasteiger partial charge in [0.15, 0.2) is 0 Å². The van der Waals surface area contributed by atoms with Crippen molar-refractivity contribution >= 4 is 0 Å². The molecule has 0 aliphatic heterocycles. The van der Waals surface area contributed by atoms with E-state index in [1.807, 2.05) is 0 Å². The molecule has 0 aliphatic carbocycles. The smallest absolute Gasteiger partial charge is 0.330 e. The summed E-state index contributed by atoms with van der Waals surface area (Å²) in [6, 6.07) is 4.82. The summed E-state index contributed by atoms with van der Waals surface area (Å²) in [5.74, 6) is -4.94. The number of hydrogen-bond donors (Lipinski definition) is 0. The molecule has 0 aromatic heterocycles. The SMILES string of the molecule is N#Cc1ccc(F)cc1COCC(F)(F)C(F)F. The van der Waals surface area contributed by atoms with Gasteiger partial charge in [-0.05, 0) is 23.8 Å². The molecular formula is C11H8F5NO. The van der Waals surface area contributed by atoms with Crippen LogP contribution in [0.4, 0.5) is 22.0 Å². The van der Waals surface area contributed by atoms with Crippen LogP contribution in [0, 0.1) is 17.1 Å². The maximum absolute atomic E-state index is 12.8. The van der Waals surface area contributed by atoms with Gasteiger partial charge in [0, 0.05) is 0 Å². The van der Waals surface area contributed by atoms with Crippen molar-refractivity contribution in [2.24, 2.45) is 0 Å². The lowest BCUT2D eigenvalue weighted by Crippen LogP contribution is -2.32. The van der Waals surface area contributed by atoms with Gasteiger partial charge in [0.2, 0.25) is 0 Å². The number of nitrogens with zero attached hydrogens (tertiary/aromatic N) is 1. The molecule has 0 spiro atoms. The topological polar surface area (TPSA) is 33.0 Å². The van der Waals surface area contributed by atoms with E-state index in [4.69, 9.17) is 5.26 Å². The fourth-order valence-corrected chi connectivity index (χ4v) is 1.15. The van der Waals surface area contributed by atoms with Crippen LogP contribution in [0.15, 0.2) is 18.2 Å². The molecule has 18 heavy (non-hydrogen) atoms. The molecule has 0 atom stereocenters. The average molecular weight is 265 g/mol. The van der Waals surface area contributed by atoms with Crippen LogP contribution < -0.4 is 0 Å². The molecule has 0 unspecified atom stereocenters. The summed E-state index contributed by atoms with van der Waals surface area (Å²) in [5, 5.41) is 8.66. The number of hydrogen-bond acceptors (Lipinski definition) is 2. The van der Waals surface area contributed by atoms with E-state index < -0.39 is 31.4 Å². The van der Waals surface area contributed by atoms with Gasteiger partial charge in [-0.3, -0.25) is 0 Å². The minimum atomic E-state index is -4.26. The molecule has 0 bridgehead atoms. The van der Waals surface area contributed by atoms with Gasteiger partial charge in [-0.2, -0.15) is 14.0 Å². The molecule has 1 aromatic carbocycles. The van der Waals surface area contributed by atoms with Crippen LogP contribution in [0.25, 0.3) is 0 Å². The third-order valence-electron chi connectivity index (χ3n) is 2.06. The zero-order valence-corrected chi connectivity index (χ0v) is 8.97. The largest absolute Gasteiger partial charge is 0.370 e. The van der Waals surface area contributed by atoms with Crippen LogP contribution in [0.3, 0.4) is 0 Å². The maximum Gasteiger partial charge on any atom is 0.330 e. The van der Waals surface area contributed by atoms with Gasteiger partial charge < -0.3 is 4.74 Å². The van der Waals surface area contributed by atoms with Gasteiger partial charge in [0.25, 0.3) is 0 Å². The number of alkyl halides is 4. The number of benzene rings is 1. The van der Waals surface area contributed by atoms with E-state index in [1.54, 1.807) is 6.07 Å². The van der Waals surface area contributed by atoms with E-state index in [-0.39, 0.29) is 11.1 Å². The highest BCUT2D eigenvalue weighted by Crippen LogP contribution is 2.23. The van der Waals surface area contributed by atoms with E-state index in [0.717, 1.165) is 18.2 Å². The molecule has 0 amide bonds. The Bertz CT molecular complexity index is 455. The normalized spacial score (nSPS) is 11.6. The molecule has 7 heteroatoms. The van der Waals surface area contributed by atoms with Gasteiger partial charge in [0.1, 0.15) is 12.4 Å². The minimum Gasteiger partial charge on any atom is -0.370 e. The summed E-state index contributed by atoms with van der Waals surface area (Å²) in [6.45, 7) is -2.03. The highest BCUT2D eigenvalue weighted by Gasteiger charge is 2.40. The third kappa shape index (κ3) is 3.67. The average Bonchev–Trinajstić information content (AvgIpc) is 2.29. The van der Waals surface area contributed by atoms with Crippen molar-refractivity contribution in [3.63, 3.8) is 0 Å². The van der Waals surface area contributed by atoms with Crippen molar-refractivity contribution in [3.05, 3.63) is 35.1 Å². The Hall–Kier alpha value is -1.68. The Morgan fingerprint density at radius 1 is 1.33 bits per heavy atom. The molecular weight excluding hydrogens is 257 g/mol. The Labute approximate surface area is 99.6 Å².